The van der Waals surface area contributed by atoms with E-state index in [0.717, 1.165) is 6.07 Å². The molecular formula is C19H21FN4O4S2. The monoisotopic (exact) mass is 452 g/mol. The fraction of sp³-hybridized carbons (Fsp3) is 0.211. The molecule has 160 valence electrons. The molecule has 0 saturated carbocycles. The third-order valence-electron chi connectivity index (χ3n) is 4.03. The molecule has 2 aromatic rings. The molecule has 0 saturated heterocycles. The highest BCUT2D eigenvalue weighted by molar-refractivity contribution is 7.87. The van der Waals surface area contributed by atoms with Crippen LogP contribution >= 0.6 is 0 Å². The van der Waals surface area contributed by atoms with Gasteiger partial charge >= 0.3 is 0 Å². The lowest BCUT2D eigenvalue weighted by Gasteiger charge is -2.20. The Balaban J connectivity index is 2.27. The molecule has 0 radical (unpaired) electrons. The number of nitrogens with zero attached hydrogens (tertiary/aromatic N) is 2. The smallest absolute Gasteiger partial charge is 0.267 e. The summed E-state index contributed by atoms with van der Waals surface area (Å²) >= 11 is 0. The van der Waals surface area contributed by atoms with Gasteiger partial charge in [0.2, 0.25) is 5.96 Å². The summed E-state index contributed by atoms with van der Waals surface area (Å²) in [7, 11) is -3.52. The summed E-state index contributed by atoms with van der Waals surface area (Å²) in [5.41, 5.74) is 11.9. The van der Waals surface area contributed by atoms with E-state index in [1.54, 1.807) is 0 Å². The molecule has 0 aliphatic rings. The normalized spacial score (nSPS) is 14.9. The lowest BCUT2D eigenvalue weighted by molar-refractivity contribution is -0.119. The first-order valence-corrected chi connectivity index (χ1v) is 11.2. The highest BCUT2D eigenvalue weighted by Crippen LogP contribution is 2.26. The van der Waals surface area contributed by atoms with Crippen LogP contribution < -0.4 is 11.5 Å². The topological polar surface area (TPSA) is 148 Å². The van der Waals surface area contributed by atoms with Crippen LogP contribution in [-0.2, 0) is 26.4 Å². The molecule has 0 aromatic heterocycles. The molecule has 0 heterocycles. The summed E-state index contributed by atoms with van der Waals surface area (Å²) < 4.78 is 37.0. The summed E-state index contributed by atoms with van der Waals surface area (Å²) in [5, 5.41) is 9.29. The van der Waals surface area contributed by atoms with Crippen molar-refractivity contribution in [3.63, 3.8) is 0 Å². The Morgan fingerprint density at radius 2 is 1.67 bits per heavy atom. The fourth-order valence-corrected chi connectivity index (χ4v) is 3.96. The molecule has 2 rings (SSSR count). The van der Waals surface area contributed by atoms with Gasteiger partial charge in [0.25, 0.3) is 5.91 Å². The Morgan fingerprint density at radius 3 is 2.20 bits per heavy atom. The molecule has 0 spiro atoms. The summed E-state index contributed by atoms with van der Waals surface area (Å²) in [5.74, 6) is -2.19. The first kappa shape index (κ1) is 23.4. The Morgan fingerprint density at radius 1 is 1.07 bits per heavy atom. The van der Waals surface area contributed by atoms with Crippen LogP contribution in [-0.4, -0.2) is 42.2 Å². The zero-order valence-corrected chi connectivity index (χ0v) is 18.1. The molecule has 30 heavy (non-hydrogen) atoms. The van der Waals surface area contributed by atoms with Crippen LogP contribution in [0.3, 0.4) is 0 Å². The lowest BCUT2D eigenvalue weighted by Crippen LogP contribution is -2.37. The summed E-state index contributed by atoms with van der Waals surface area (Å²) in [6, 6.07) is 9.42. The van der Waals surface area contributed by atoms with E-state index in [9.17, 15) is 22.7 Å². The van der Waals surface area contributed by atoms with Gasteiger partial charge in [0.1, 0.15) is 22.1 Å². The highest BCUT2D eigenvalue weighted by Gasteiger charge is 2.37. The number of nitrogens with two attached hydrogens (primary N) is 2. The Labute approximate surface area is 177 Å². The number of hydrogen-bond acceptors (Lipinski definition) is 4. The lowest BCUT2D eigenvalue weighted by atomic mass is 10.2. The number of aliphatic imine (C=N–C) groups is 2. The van der Waals surface area contributed by atoms with Crippen molar-refractivity contribution < 1.29 is 22.7 Å². The fourth-order valence-electron chi connectivity index (χ4n) is 2.25. The standard InChI is InChI=1S/C19H21FN4O4S2/c1-19(2,30(28)15-9-8-13(29(3)27)10-14(15)20)17(26)24-18(22)23-16(21)11-4-6-12(25)7-5-11/h4-10,25H,1-3H3,(H4,21,22,23,24,26). The Kier molecular flexibility index (Phi) is 7.21. The zero-order chi connectivity index (χ0) is 22.6. The number of guanidine groups is 1. The van der Waals surface area contributed by atoms with Gasteiger partial charge in [0.15, 0.2) is 0 Å². The molecule has 0 fully saturated rings. The second-order valence-electron chi connectivity index (χ2n) is 6.64. The van der Waals surface area contributed by atoms with E-state index in [1.165, 1.54) is 56.5 Å². The second kappa shape index (κ2) is 9.26. The van der Waals surface area contributed by atoms with Gasteiger partial charge in [-0.15, -0.1) is 0 Å². The number of aromatic hydroxyl groups is 1. The summed E-state index contributed by atoms with van der Waals surface area (Å²) in [4.78, 5) is 20.0. The molecule has 2 aromatic carbocycles. The molecule has 5 N–H and O–H groups in total. The van der Waals surface area contributed by atoms with Crippen molar-refractivity contribution in [2.75, 3.05) is 6.26 Å². The van der Waals surface area contributed by atoms with Crippen molar-refractivity contribution in [1.29, 1.82) is 0 Å². The number of carbonyl (C=O) groups excluding carboxylic acids is 1. The van der Waals surface area contributed by atoms with Crippen LogP contribution in [0.2, 0.25) is 0 Å². The van der Waals surface area contributed by atoms with E-state index in [0.29, 0.717) is 5.56 Å². The van der Waals surface area contributed by atoms with Gasteiger partial charge < -0.3 is 16.6 Å². The van der Waals surface area contributed by atoms with Crippen molar-refractivity contribution in [1.82, 2.24) is 0 Å². The van der Waals surface area contributed by atoms with Crippen LogP contribution in [0, 0.1) is 5.82 Å². The van der Waals surface area contributed by atoms with Crippen LogP contribution in [0.4, 0.5) is 4.39 Å². The van der Waals surface area contributed by atoms with E-state index in [1.807, 2.05) is 0 Å². The van der Waals surface area contributed by atoms with Gasteiger partial charge in [-0.25, -0.2) is 4.39 Å². The number of phenols is 1. The molecule has 0 aliphatic heterocycles. The van der Waals surface area contributed by atoms with Crippen LogP contribution in [0.1, 0.15) is 19.4 Å². The van der Waals surface area contributed by atoms with Gasteiger partial charge in [-0.05, 0) is 56.3 Å². The number of amidine groups is 1. The SMILES string of the molecule is CS(=O)c1ccc(S(=O)C(C)(C)C(=O)N=C(N)/N=C(\N)c2ccc(O)cc2)c(F)c1. The molecule has 11 heteroatoms. The van der Waals surface area contributed by atoms with Crippen molar-refractivity contribution in [2.45, 2.75) is 28.4 Å². The van der Waals surface area contributed by atoms with Gasteiger partial charge in [-0.3, -0.25) is 13.2 Å². The minimum absolute atomic E-state index is 0.0399. The molecule has 8 nitrogen and oxygen atoms in total. The molecule has 1 amide bonds. The van der Waals surface area contributed by atoms with Gasteiger partial charge in [0.05, 0.1) is 15.7 Å². The van der Waals surface area contributed by atoms with E-state index >= 15 is 0 Å². The third-order valence-corrected chi connectivity index (χ3v) is 6.78. The number of halogens is 1. The average Bonchev–Trinajstić information content (AvgIpc) is 2.67. The number of hydrogen-bond donors (Lipinski definition) is 3. The molecular weight excluding hydrogens is 431 g/mol. The van der Waals surface area contributed by atoms with E-state index in [4.69, 9.17) is 11.5 Å². The van der Waals surface area contributed by atoms with Gasteiger partial charge in [0, 0.05) is 27.5 Å². The van der Waals surface area contributed by atoms with Crippen molar-refractivity contribution in [2.24, 2.45) is 21.5 Å². The van der Waals surface area contributed by atoms with Crippen molar-refractivity contribution >= 4 is 39.3 Å². The summed E-state index contributed by atoms with van der Waals surface area (Å²) in [6.07, 6.45) is 1.39. The van der Waals surface area contributed by atoms with Crippen molar-refractivity contribution in [3.05, 3.63) is 53.8 Å². The summed E-state index contributed by atoms with van der Waals surface area (Å²) in [6.45, 7) is 2.67. The average molecular weight is 453 g/mol. The Bertz CT molecular complexity index is 1080. The van der Waals surface area contributed by atoms with Crippen LogP contribution in [0.25, 0.3) is 0 Å². The number of amides is 1. The van der Waals surface area contributed by atoms with Crippen LogP contribution in [0.5, 0.6) is 5.75 Å². The van der Waals surface area contributed by atoms with Gasteiger partial charge in [-0.1, -0.05) is 0 Å². The maximum atomic E-state index is 14.3. The van der Waals surface area contributed by atoms with Crippen molar-refractivity contribution in [3.8, 4) is 5.75 Å². The predicted molar refractivity (Wildman–Crippen MR) is 115 cm³/mol. The van der Waals surface area contributed by atoms with Gasteiger partial charge in [-0.2, -0.15) is 9.98 Å². The number of rotatable bonds is 5. The molecule has 2 atom stereocenters. The van der Waals surface area contributed by atoms with E-state index in [-0.39, 0.29) is 21.4 Å². The number of benzene rings is 2. The molecule has 2 unspecified atom stereocenters. The molecule has 0 bridgehead atoms. The maximum Gasteiger partial charge on any atom is 0.267 e. The number of carbonyl (C=O) groups is 1. The largest absolute Gasteiger partial charge is 0.508 e. The Hall–Kier alpha value is -2.92. The first-order valence-electron chi connectivity index (χ1n) is 8.50. The zero-order valence-electron chi connectivity index (χ0n) is 16.5. The minimum Gasteiger partial charge on any atom is -0.508 e. The van der Waals surface area contributed by atoms with E-state index < -0.39 is 44.0 Å². The third kappa shape index (κ3) is 5.36. The number of phenolic OH excluding ortho intramolecular Hbond substituents is 1. The predicted octanol–water partition coefficient (Wildman–Crippen LogP) is 1.40. The quantitative estimate of drug-likeness (QED) is 0.461. The second-order valence-corrected chi connectivity index (χ2v) is 10.0. The molecule has 0 aliphatic carbocycles. The minimum atomic E-state index is -2.12. The van der Waals surface area contributed by atoms with E-state index in [2.05, 4.69) is 9.98 Å². The van der Waals surface area contributed by atoms with Crippen LogP contribution in [0.15, 0.2) is 62.2 Å². The highest BCUT2D eigenvalue weighted by atomic mass is 32.2. The first-order chi connectivity index (χ1) is 13.9. The maximum absolute atomic E-state index is 14.3.